The molecule has 10 heteroatoms. The van der Waals surface area contributed by atoms with Crippen LogP contribution in [-0.2, 0) is 15.9 Å². The van der Waals surface area contributed by atoms with Crippen LogP contribution >= 0.6 is 0 Å². The van der Waals surface area contributed by atoms with Crippen LogP contribution in [0.2, 0.25) is 0 Å². The smallest absolute Gasteiger partial charge is 0.186 e. The number of benzene rings is 2. The first-order valence-electron chi connectivity index (χ1n) is 11.0. The molecule has 1 saturated heterocycles. The average molecular weight is 478 g/mol. The van der Waals surface area contributed by atoms with Crippen LogP contribution in [0.5, 0.6) is 23.0 Å². The van der Waals surface area contributed by atoms with Crippen LogP contribution in [0.15, 0.2) is 30.3 Å². The largest absolute Gasteiger partial charge is 0.504 e. The van der Waals surface area contributed by atoms with Crippen molar-refractivity contribution in [2.24, 2.45) is 5.92 Å². The maximum atomic E-state index is 10.5. The van der Waals surface area contributed by atoms with E-state index in [0.717, 1.165) is 5.56 Å². The normalized spacial score (nSPS) is 31.1. The Kier molecular flexibility index (Phi) is 7.17. The number of aliphatic hydroxyl groups excluding tert-OH is 4. The lowest BCUT2D eigenvalue weighted by molar-refractivity contribution is -0.289. The SMILES string of the molecule is COc1cc([C@H]2c3cc(O)c(OC)cc3C[C@@H](CO)[C@@H]2O[C@@H]2OC[C@@H](O)[C@H](O)[C@H]2O)ccc1O. The van der Waals surface area contributed by atoms with Crippen LogP contribution < -0.4 is 9.47 Å². The second-order valence-electron chi connectivity index (χ2n) is 8.63. The topological polar surface area (TPSA) is 158 Å². The Hall–Kier alpha value is -2.60. The number of fused-ring (bicyclic) bond motifs is 1. The van der Waals surface area contributed by atoms with Crippen LogP contribution in [0.4, 0.5) is 0 Å². The highest BCUT2D eigenvalue weighted by atomic mass is 16.7. The lowest BCUT2D eigenvalue weighted by Crippen LogP contribution is -2.56. The summed E-state index contributed by atoms with van der Waals surface area (Å²) in [6, 6.07) is 8.07. The van der Waals surface area contributed by atoms with Crippen molar-refractivity contribution < 1.29 is 49.6 Å². The molecule has 0 bridgehead atoms. The lowest BCUT2D eigenvalue weighted by Gasteiger charge is -2.43. The molecular formula is C24H30O10. The van der Waals surface area contributed by atoms with Crippen molar-refractivity contribution in [2.75, 3.05) is 27.4 Å². The van der Waals surface area contributed by atoms with Crippen molar-refractivity contribution in [1.82, 2.24) is 0 Å². The molecule has 0 unspecified atom stereocenters. The second-order valence-corrected chi connectivity index (χ2v) is 8.63. The lowest BCUT2D eigenvalue weighted by atomic mass is 9.71. The number of hydrogen-bond donors (Lipinski definition) is 6. The third kappa shape index (κ3) is 4.40. The van der Waals surface area contributed by atoms with Gasteiger partial charge in [0.1, 0.15) is 18.3 Å². The van der Waals surface area contributed by atoms with E-state index in [4.69, 9.17) is 18.9 Å². The summed E-state index contributed by atoms with van der Waals surface area (Å²) in [6.45, 7) is -0.487. The van der Waals surface area contributed by atoms with Gasteiger partial charge in [0.2, 0.25) is 0 Å². The monoisotopic (exact) mass is 478 g/mol. The molecule has 0 saturated carbocycles. The summed E-state index contributed by atoms with van der Waals surface area (Å²) in [4.78, 5) is 0. The van der Waals surface area contributed by atoms with E-state index in [1.165, 1.54) is 20.3 Å². The Bertz CT molecular complexity index is 1010. The maximum absolute atomic E-state index is 10.5. The fourth-order valence-electron chi connectivity index (χ4n) is 4.77. The molecule has 0 spiro atoms. The molecule has 10 nitrogen and oxygen atoms in total. The van der Waals surface area contributed by atoms with Crippen molar-refractivity contribution in [3.8, 4) is 23.0 Å². The van der Waals surface area contributed by atoms with E-state index in [1.54, 1.807) is 24.3 Å². The van der Waals surface area contributed by atoms with Gasteiger partial charge in [0.15, 0.2) is 29.3 Å². The average Bonchev–Trinajstić information content (AvgIpc) is 2.84. The van der Waals surface area contributed by atoms with Crippen molar-refractivity contribution in [2.45, 2.75) is 43.0 Å². The van der Waals surface area contributed by atoms with Crippen LogP contribution in [-0.4, -0.2) is 88.8 Å². The molecule has 2 aromatic carbocycles. The van der Waals surface area contributed by atoms with Gasteiger partial charge >= 0.3 is 0 Å². The molecule has 2 aromatic rings. The zero-order valence-corrected chi connectivity index (χ0v) is 18.9. The summed E-state index contributed by atoms with van der Waals surface area (Å²) in [5.74, 6) is -0.641. The Labute approximate surface area is 196 Å². The zero-order valence-electron chi connectivity index (χ0n) is 18.9. The summed E-state index contributed by atoms with van der Waals surface area (Å²) in [6.07, 6.45) is -5.86. The van der Waals surface area contributed by atoms with Crippen LogP contribution in [0.3, 0.4) is 0 Å². The van der Waals surface area contributed by atoms with Gasteiger partial charge in [-0.1, -0.05) is 6.07 Å². The number of ether oxygens (including phenoxy) is 4. The highest BCUT2D eigenvalue weighted by molar-refractivity contribution is 5.54. The fourth-order valence-corrected chi connectivity index (χ4v) is 4.77. The highest BCUT2D eigenvalue weighted by Crippen LogP contribution is 2.46. The molecule has 0 radical (unpaired) electrons. The quantitative estimate of drug-likeness (QED) is 0.340. The van der Waals surface area contributed by atoms with E-state index in [1.807, 2.05) is 0 Å². The Morgan fingerprint density at radius 1 is 0.941 bits per heavy atom. The maximum Gasteiger partial charge on any atom is 0.186 e. The van der Waals surface area contributed by atoms with Gasteiger partial charge in [-0.25, -0.2) is 0 Å². The molecule has 1 aliphatic heterocycles. The highest BCUT2D eigenvalue weighted by Gasteiger charge is 2.45. The molecule has 34 heavy (non-hydrogen) atoms. The fraction of sp³-hybridized carbons (Fsp3) is 0.500. The Morgan fingerprint density at radius 3 is 2.32 bits per heavy atom. The zero-order chi connectivity index (χ0) is 24.6. The molecular weight excluding hydrogens is 448 g/mol. The number of aromatic hydroxyl groups is 2. The summed E-state index contributed by atoms with van der Waals surface area (Å²) >= 11 is 0. The first-order valence-corrected chi connectivity index (χ1v) is 11.0. The van der Waals surface area contributed by atoms with E-state index in [0.29, 0.717) is 23.3 Å². The van der Waals surface area contributed by atoms with Crippen molar-refractivity contribution in [1.29, 1.82) is 0 Å². The number of rotatable bonds is 6. The molecule has 4 rings (SSSR count). The summed E-state index contributed by atoms with van der Waals surface area (Å²) in [5, 5.41) is 61.2. The van der Waals surface area contributed by atoms with Gasteiger partial charge in [-0.3, -0.25) is 0 Å². The third-order valence-corrected chi connectivity index (χ3v) is 6.59. The van der Waals surface area contributed by atoms with Gasteiger partial charge in [-0.05, 0) is 47.4 Å². The number of methoxy groups -OCH3 is 2. The summed E-state index contributed by atoms with van der Waals surface area (Å²) in [7, 11) is 2.87. The number of phenolic OH excluding ortho intramolecular Hbond substituents is 2. The van der Waals surface area contributed by atoms with Crippen molar-refractivity contribution >= 4 is 0 Å². The molecule has 1 fully saturated rings. The van der Waals surface area contributed by atoms with Crippen molar-refractivity contribution in [3.63, 3.8) is 0 Å². The molecule has 2 aliphatic rings. The molecule has 1 aliphatic carbocycles. The first kappa shape index (κ1) is 24.5. The number of hydrogen-bond acceptors (Lipinski definition) is 10. The van der Waals surface area contributed by atoms with Gasteiger partial charge in [0, 0.05) is 18.4 Å². The van der Waals surface area contributed by atoms with Gasteiger partial charge in [-0.15, -0.1) is 0 Å². The predicted molar refractivity (Wildman–Crippen MR) is 118 cm³/mol. The Morgan fingerprint density at radius 2 is 1.65 bits per heavy atom. The van der Waals surface area contributed by atoms with E-state index >= 15 is 0 Å². The molecule has 0 aromatic heterocycles. The summed E-state index contributed by atoms with van der Waals surface area (Å²) in [5.41, 5.74) is 2.19. The minimum atomic E-state index is -1.51. The number of phenols is 2. The molecule has 6 N–H and O–H groups in total. The van der Waals surface area contributed by atoms with E-state index in [2.05, 4.69) is 0 Å². The molecule has 1 heterocycles. The van der Waals surface area contributed by atoms with Crippen molar-refractivity contribution in [3.05, 3.63) is 47.0 Å². The minimum Gasteiger partial charge on any atom is -0.504 e. The summed E-state index contributed by atoms with van der Waals surface area (Å²) < 4.78 is 22.2. The Balaban J connectivity index is 1.81. The van der Waals surface area contributed by atoms with Gasteiger partial charge in [-0.2, -0.15) is 0 Å². The standard InChI is InChI=1S/C24H30O10/c1-31-18-6-11(3-4-15(18)26)20-14-8-16(27)19(32-2)7-12(14)5-13(9-25)23(20)34-24-22(30)21(29)17(28)10-33-24/h3-4,6-8,13,17,20-30H,5,9-10H2,1-2H3/t13-,17+,20-,21-,22+,23-,24-/m0/s1. The number of aliphatic hydroxyl groups is 4. The van der Waals surface area contributed by atoms with Crippen LogP contribution in [0, 0.1) is 5.92 Å². The van der Waals surface area contributed by atoms with E-state index in [-0.39, 0.29) is 30.5 Å². The van der Waals surface area contributed by atoms with Crippen LogP contribution in [0.25, 0.3) is 0 Å². The minimum absolute atomic E-state index is 0.0563. The predicted octanol–water partition coefficient (Wildman–Crippen LogP) is 0.236. The first-order chi connectivity index (χ1) is 16.3. The molecule has 186 valence electrons. The van der Waals surface area contributed by atoms with Gasteiger partial charge < -0.3 is 49.6 Å². The van der Waals surface area contributed by atoms with Gasteiger partial charge in [0.25, 0.3) is 0 Å². The second kappa shape index (κ2) is 9.95. The molecule has 0 amide bonds. The van der Waals surface area contributed by atoms with E-state index < -0.39 is 42.5 Å². The van der Waals surface area contributed by atoms with Gasteiger partial charge in [0.05, 0.1) is 26.9 Å². The third-order valence-electron chi connectivity index (χ3n) is 6.59. The van der Waals surface area contributed by atoms with E-state index in [9.17, 15) is 30.6 Å². The van der Waals surface area contributed by atoms with Crippen LogP contribution in [0.1, 0.15) is 22.6 Å². The molecule has 7 atom stereocenters.